The highest BCUT2D eigenvalue weighted by Crippen LogP contribution is 2.20. The zero-order chi connectivity index (χ0) is 19.8. The molecule has 0 aromatic heterocycles. The zero-order valence-electron chi connectivity index (χ0n) is 16.2. The first kappa shape index (κ1) is 20.8. The first-order valence-electron chi connectivity index (χ1n) is 10.1. The lowest BCUT2D eigenvalue weighted by molar-refractivity contribution is 0.577. The summed E-state index contributed by atoms with van der Waals surface area (Å²) in [6.07, 6.45) is 6.72. The van der Waals surface area contributed by atoms with Crippen LogP contribution in [0.3, 0.4) is 0 Å². The largest absolute Gasteiger partial charge is 0.372 e. The predicted molar refractivity (Wildman–Crippen MR) is 112 cm³/mol. The highest BCUT2D eigenvalue weighted by molar-refractivity contribution is 7.88. The van der Waals surface area contributed by atoms with E-state index < -0.39 is 15.8 Å². The van der Waals surface area contributed by atoms with Crippen molar-refractivity contribution in [1.82, 2.24) is 4.72 Å². The summed E-state index contributed by atoms with van der Waals surface area (Å²) in [4.78, 5) is 2.46. The van der Waals surface area contributed by atoms with Gasteiger partial charge in [-0.3, -0.25) is 0 Å². The molecule has 1 N–H and O–H groups in total. The number of benzene rings is 2. The SMILES string of the molecule is O=S(=O)(Cc1cccc(F)c1)NCCCc1ccc(N2CCCCCC2)cc1. The Morgan fingerprint density at radius 3 is 2.32 bits per heavy atom. The summed E-state index contributed by atoms with van der Waals surface area (Å²) in [5.74, 6) is -0.619. The minimum atomic E-state index is -3.45. The van der Waals surface area contributed by atoms with Gasteiger partial charge in [-0.15, -0.1) is 0 Å². The molecule has 0 spiro atoms. The molecule has 1 aliphatic heterocycles. The Morgan fingerprint density at radius 2 is 1.64 bits per heavy atom. The fourth-order valence-corrected chi connectivity index (χ4v) is 4.80. The van der Waals surface area contributed by atoms with E-state index in [-0.39, 0.29) is 5.75 Å². The molecule has 0 unspecified atom stereocenters. The molecule has 28 heavy (non-hydrogen) atoms. The third-order valence-electron chi connectivity index (χ3n) is 5.12. The summed E-state index contributed by atoms with van der Waals surface area (Å²) in [5.41, 5.74) is 2.95. The Labute approximate surface area is 167 Å². The molecule has 1 aliphatic rings. The molecule has 2 aromatic carbocycles. The summed E-state index contributed by atoms with van der Waals surface area (Å²) in [6.45, 7) is 2.64. The van der Waals surface area contributed by atoms with Crippen LogP contribution in [-0.4, -0.2) is 28.1 Å². The Hall–Kier alpha value is -1.92. The molecule has 152 valence electrons. The van der Waals surface area contributed by atoms with E-state index in [0.717, 1.165) is 25.9 Å². The number of hydrogen-bond donors (Lipinski definition) is 1. The Kier molecular flexibility index (Phi) is 7.45. The van der Waals surface area contributed by atoms with E-state index in [4.69, 9.17) is 0 Å². The number of rotatable bonds is 8. The number of nitrogens with one attached hydrogen (secondary N) is 1. The first-order chi connectivity index (χ1) is 13.5. The molecule has 0 bridgehead atoms. The van der Waals surface area contributed by atoms with Gasteiger partial charge in [0.15, 0.2) is 0 Å². The lowest BCUT2D eigenvalue weighted by atomic mass is 10.1. The van der Waals surface area contributed by atoms with Crippen molar-refractivity contribution in [3.63, 3.8) is 0 Å². The number of nitrogens with zero attached hydrogens (tertiary/aromatic N) is 1. The molecule has 0 atom stereocenters. The third kappa shape index (κ3) is 6.60. The molecule has 2 aromatic rings. The van der Waals surface area contributed by atoms with Crippen LogP contribution < -0.4 is 9.62 Å². The number of sulfonamides is 1. The van der Waals surface area contributed by atoms with E-state index in [1.807, 2.05) is 0 Å². The maximum atomic E-state index is 13.2. The number of hydrogen-bond acceptors (Lipinski definition) is 3. The second kappa shape index (κ2) is 10.0. The van der Waals surface area contributed by atoms with Gasteiger partial charge in [0.1, 0.15) is 5.82 Å². The topological polar surface area (TPSA) is 49.4 Å². The molecule has 1 saturated heterocycles. The van der Waals surface area contributed by atoms with Crippen LogP contribution in [0.25, 0.3) is 0 Å². The maximum Gasteiger partial charge on any atom is 0.215 e. The fraction of sp³-hybridized carbons (Fsp3) is 0.455. The molecule has 4 nitrogen and oxygen atoms in total. The quantitative estimate of drug-likeness (QED) is 0.669. The second-order valence-corrected chi connectivity index (χ2v) is 9.26. The van der Waals surface area contributed by atoms with E-state index in [9.17, 15) is 12.8 Å². The smallest absolute Gasteiger partial charge is 0.215 e. The van der Waals surface area contributed by atoms with Gasteiger partial charge in [0.2, 0.25) is 10.0 Å². The highest BCUT2D eigenvalue weighted by atomic mass is 32.2. The Morgan fingerprint density at radius 1 is 0.929 bits per heavy atom. The van der Waals surface area contributed by atoms with Gasteiger partial charge < -0.3 is 4.90 Å². The minimum Gasteiger partial charge on any atom is -0.372 e. The van der Waals surface area contributed by atoms with Gasteiger partial charge in [0, 0.05) is 25.3 Å². The van der Waals surface area contributed by atoms with E-state index >= 15 is 0 Å². The summed E-state index contributed by atoms with van der Waals surface area (Å²) >= 11 is 0. The van der Waals surface area contributed by atoms with Crippen LogP contribution in [-0.2, 0) is 22.2 Å². The summed E-state index contributed by atoms with van der Waals surface area (Å²) in [5, 5.41) is 0. The van der Waals surface area contributed by atoms with Crippen molar-refractivity contribution in [2.45, 2.75) is 44.3 Å². The molecular formula is C22H29FN2O2S. The molecule has 6 heteroatoms. The van der Waals surface area contributed by atoms with Crippen LogP contribution in [0.15, 0.2) is 48.5 Å². The van der Waals surface area contributed by atoms with Crippen LogP contribution in [0.1, 0.15) is 43.2 Å². The molecule has 1 fully saturated rings. The third-order valence-corrected chi connectivity index (χ3v) is 6.47. The summed E-state index contributed by atoms with van der Waals surface area (Å²) in [6, 6.07) is 14.3. The fourth-order valence-electron chi connectivity index (χ4n) is 3.62. The zero-order valence-corrected chi connectivity index (χ0v) is 17.1. The van der Waals surface area contributed by atoms with Crippen molar-refractivity contribution in [2.24, 2.45) is 0 Å². The molecule has 0 saturated carbocycles. The van der Waals surface area contributed by atoms with Crippen molar-refractivity contribution in [3.8, 4) is 0 Å². The van der Waals surface area contributed by atoms with Gasteiger partial charge in [0.25, 0.3) is 0 Å². The van der Waals surface area contributed by atoms with Gasteiger partial charge in [-0.2, -0.15) is 0 Å². The van der Waals surface area contributed by atoms with Crippen LogP contribution in [0.5, 0.6) is 0 Å². The Balaban J connectivity index is 1.43. The molecular weight excluding hydrogens is 375 g/mol. The van der Waals surface area contributed by atoms with Crippen molar-refractivity contribution < 1.29 is 12.8 Å². The minimum absolute atomic E-state index is 0.199. The van der Waals surface area contributed by atoms with Crippen molar-refractivity contribution >= 4 is 15.7 Å². The molecule has 0 aliphatic carbocycles. The first-order valence-corrected chi connectivity index (χ1v) is 11.7. The highest BCUT2D eigenvalue weighted by Gasteiger charge is 2.12. The predicted octanol–water partition coefficient (Wildman–Crippen LogP) is 4.26. The number of halogens is 1. The maximum absolute atomic E-state index is 13.2. The van der Waals surface area contributed by atoms with Crippen molar-refractivity contribution in [3.05, 3.63) is 65.5 Å². The van der Waals surface area contributed by atoms with Crippen LogP contribution in [0.2, 0.25) is 0 Å². The van der Waals surface area contributed by atoms with Gasteiger partial charge in [-0.1, -0.05) is 37.1 Å². The van der Waals surface area contributed by atoms with Crippen molar-refractivity contribution in [2.75, 3.05) is 24.5 Å². The summed E-state index contributed by atoms with van der Waals surface area (Å²) in [7, 11) is -3.45. The average molecular weight is 405 g/mol. The Bertz CT molecular complexity index is 845. The molecule has 1 heterocycles. The summed E-state index contributed by atoms with van der Waals surface area (Å²) < 4.78 is 40.1. The van der Waals surface area contributed by atoms with Crippen molar-refractivity contribution in [1.29, 1.82) is 0 Å². The van der Waals surface area contributed by atoms with Gasteiger partial charge in [-0.05, 0) is 61.1 Å². The lowest BCUT2D eigenvalue weighted by Gasteiger charge is -2.22. The van der Waals surface area contributed by atoms with E-state index in [1.165, 1.54) is 55.1 Å². The monoisotopic (exact) mass is 404 g/mol. The average Bonchev–Trinajstić information content (AvgIpc) is 2.95. The van der Waals surface area contributed by atoms with E-state index in [0.29, 0.717) is 12.1 Å². The van der Waals surface area contributed by atoms with Crippen LogP contribution in [0, 0.1) is 5.82 Å². The van der Waals surface area contributed by atoms with Gasteiger partial charge >= 0.3 is 0 Å². The van der Waals surface area contributed by atoms with Crippen LogP contribution in [0.4, 0.5) is 10.1 Å². The van der Waals surface area contributed by atoms with Gasteiger partial charge in [0.05, 0.1) is 5.75 Å². The number of aryl methyl sites for hydroxylation is 1. The van der Waals surface area contributed by atoms with E-state index in [2.05, 4.69) is 33.9 Å². The second-order valence-electron chi connectivity index (χ2n) is 7.45. The lowest BCUT2D eigenvalue weighted by Crippen LogP contribution is -2.26. The van der Waals surface area contributed by atoms with E-state index in [1.54, 1.807) is 6.07 Å². The van der Waals surface area contributed by atoms with Crippen LogP contribution >= 0.6 is 0 Å². The normalized spacial score (nSPS) is 15.4. The number of anilines is 1. The molecule has 0 amide bonds. The standard InChI is InChI=1S/C22H29FN2O2S/c23-21-9-5-7-20(17-21)18-28(26,27)24-14-6-8-19-10-12-22(13-11-19)25-15-3-1-2-4-16-25/h5,7,9-13,17,24H,1-4,6,8,14-16,18H2. The van der Waals surface area contributed by atoms with Gasteiger partial charge in [-0.25, -0.2) is 17.5 Å². The molecule has 3 rings (SSSR count). The molecule has 0 radical (unpaired) electrons.